The van der Waals surface area contributed by atoms with Crippen LogP contribution in [-0.4, -0.2) is 0 Å². The van der Waals surface area contributed by atoms with Crippen molar-refractivity contribution in [2.24, 2.45) is 0 Å². The zero-order valence-electron chi connectivity index (χ0n) is 10.3. The van der Waals surface area contributed by atoms with Gasteiger partial charge in [0.05, 0.1) is 0 Å². The van der Waals surface area contributed by atoms with Gasteiger partial charge in [0.15, 0.2) is 0 Å². The number of nitrogens with one attached hydrogen (secondary N) is 1. The normalized spacial score (nSPS) is 13.1. The number of halogens is 1. The summed E-state index contributed by atoms with van der Waals surface area (Å²) in [6.45, 7) is 1.95. The van der Waals surface area contributed by atoms with Gasteiger partial charge in [0.2, 0.25) is 0 Å². The number of aryl methyl sites for hydroxylation is 2. The zero-order valence-corrected chi connectivity index (χ0v) is 11.9. The van der Waals surface area contributed by atoms with Gasteiger partial charge in [-0.05, 0) is 58.3 Å². The van der Waals surface area contributed by atoms with Gasteiger partial charge in [0.25, 0.3) is 0 Å². The molecule has 0 atom stereocenters. The molecule has 2 aromatic rings. The van der Waals surface area contributed by atoms with E-state index in [1.165, 1.54) is 30.4 Å². The molecule has 1 heterocycles. The molecule has 3 heteroatoms. The number of fused-ring (bicyclic) bond motifs is 1. The number of hydrogen-bond acceptors (Lipinski definition) is 2. The maximum Gasteiger partial charge on any atom is 0.0216 e. The summed E-state index contributed by atoms with van der Waals surface area (Å²) in [5.41, 5.74) is 5.93. The molecule has 0 bridgehead atoms. The molecule has 96 valence electrons. The Morgan fingerprint density at radius 2 is 1.83 bits per heavy atom. The smallest absolute Gasteiger partial charge is 0.0216 e. The van der Waals surface area contributed by atoms with Crippen LogP contribution in [-0.2, 0) is 25.9 Å². The summed E-state index contributed by atoms with van der Waals surface area (Å²) in [6, 6.07) is 9.14. The van der Waals surface area contributed by atoms with Crippen LogP contribution < -0.4 is 5.32 Å². The summed E-state index contributed by atoms with van der Waals surface area (Å²) in [5.74, 6) is 0. The van der Waals surface area contributed by atoms with Crippen LogP contribution in [0.1, 0.15) is 28.7 Å². The van der Waals surface area contributed by atoms with E-state index >= 15 is 0 Å². The van der Waals surface area contributed by atoms with Gasteiger partial charge in [-0.3, -0.25) is 0 Å². The van der Waals surface area contributed by atoms with E-state index < -0.39 is 0 Å². The van der Waals surface area contributed by atoms with E-state index in [1.54, 1.807) is 22.5 Å². The van der Waals surface area contributed by atoms with Gasteiger partial charge >= 0.3 is 0 Å². The lowest BCUT2D eigenvalue weighted by Gasteiger charge is -2.06. The summed E-state index contributed by atoms with van der Waals surface area (Å²) in [7, 11) is 0. The highest BCUT2D eigenvalue weighted by Gasteiger charge is 2.10. The molecule has 3 rings (SSSR count). The van der Waals surface area contributed by atoms with Crippen LogP contribution in [0.25, 0.3) is 0 Å². The van der Waals surface area contributed by atoms with Crippen LogP contribution >= 0.6 is 23.7 Å². The van der Waals surface area contributed by atoms with E-state index in [2.05, 4.69) is 40.3 Å². The Bertz CT molecular complexity index is 493. The predicted octanol–water partition coefficient (Wildman–Crippen LogP) is 3.95. The summed E-state index contributed by atoms with van der Waals surface area (Å²) >= 11 is 1.76. The molecule has 1 nitrogen and oxygen atoms in total. The van der Waals surface area contributed by atoms with Crippen LogP contribution in [0.5, 0.6) is 0 Å². The molecule has 18 heavy (non-hydrogen) atoms. The molecule has 0 saturated heterocycles. The predicted molar refractivity (Wildman–Crippen MR) is 80.6 cm³/mol. The molecular formula is C15H18ClNS. The third-order valence-electron chi connectivity index (χ3n) is 3.40. The maximum atomic E-state index is 3.50. The molecule has 1 aliphatic carbocycles. The van der Waals surface area contributed by atoms with Crippen molar-refractivity contribution in [1.82, 2.24) is 5.32 Å². The van der Waals surface area contributed by atoms with Crippen LogP contribution in [0.2, 0.25) is 0 Å². The van der Waals surface area contributed by atoms with Gasteiger partial charge in [0.1, 0.15) is 0 Å². The van der Waals surface area contributed by atoms with Crippen molar-refractivity contribution in [3.8, 4) is 0 Å². The second-order valence-corrected chi connectivity index (χ2v) is 5.47. The van der Waals surface area contributed by atoms with E-state index in [0.29, 0.717) is 0 Å². The largest absolute Gasteiger partial charge is 0.309 e. The molecule has 0 fully saturated rings. The second kappa shape index (κ2) is 6.37. The second-order valence-electron chi connectivity index (χ2n) is 4.69. The molecule has 0 spiro atoms. The molecule has 1 aromatic heterocycles. The third kappa shape index (κ3) is 3.14. The molecule has 1 aliphatic rings. The first-order valence-corrected chi connectivity index (χ1v) is 7.18. The molecule has 0 radical (unpaired) electrons. The Morgan fingerprint density at radius 1 is 1.00 bits per heavy atom. The minimum atomic E-state index is 0. The summed E-state index contributed by atoms with van der Waals surface area (Å²) in [4.78, 5) is 0. The Balaban J connectivity index is 0.00000120. The number of thiophene rings is 1. The first kappa shape index (κ1) is 13.6. The zero-order chi connectivity index (χ0) is 11.5. The minimum absolute atomic E-state index is 0. The standard InChI is InChI=1S/C15H17NS.ClH/c1-2-14-5-4-12(8-15(14)3-1)9-16-10-13-6-7-17-11-13;/h4-8,11,16H,1-3,9-10H2;1H. The number of rotatable bonds is 4. The lowest BCUT2D eigenvalue weighted by atomic mass is 10.1. The molecule has 0 unspecified atom stereocenters. The fourth-order valence-corrected chi connectivity index (χ4v) is 3.15. The van der Waals surface area contributed by atoms with Crippen LogP contribution in [0.15, 0.2) is 35.0 Å². The van der Waals surface area contributed by atoms with Crippen molar-refractivity contribution < 1.29 is 0 Å². The van der Waals surface area contributed by atoms with Crippen molar-refractivity contribution in [2.45, 2.75) is 32.4 Å². The summed E-state index contributed by atoms with van der Waals surface area (Å²) < 4.78 is 0. The van der Waals surface area contributed by atoms with Crippen LogP contribution in [0.4, 0.5) is 0 Å². The molecule has 0 saturated carbocycles. The lowest BCUT2D eigenvalue weighted by molar-refractivity contribution is 0.694. The maximum absolute atomic E-state index is 3.50. The van der Waals surface area contributed by atoms with Crippen molar-refractivity contribution >= 4 is 23.7 Å². The Morgan fingerprint density at radius 3 is 2.67 bits per heavy atom. The molecule has 0 aliphatic heterocycles. The fraction of sp³-hybridized carbons (Fsp3) is 0.333. The molecule has 0 amide bonds. The highest BCUT2D eigenvalue weighted by molar-refractivity contribution is 7.07. The highest BCUT2D eigenvalue weighted by atomic mass is 35.5. The van der Waals surface area contributed by atoms with Gasteiger partial charge in [-0.15, -0.1) is 12.4 Å². The van der Waals surface area contributed by atoms with Gasteiger partial charge in [-0.25, -0.2) is 0 Å². The van der Waals surface area contributed by atoms with Crippen LogP contribution in [0, 0.1) is 0 Å². The molecule has 1 aromatic carbocycles. The fourth-order valence-electron chi connectivity index (χ4n) is 2.48. The van der Waals surface area contributed by atoms with Gasteiger partial charge in [-0.2, -0.15) is 11.3 Å². The van der Waals surface area contributed by atoms with E-state index in [1.807, 2.05) is 0 Å². The number of hydrogen-bond donors (Lipinski definition) is 1. The SMILES string of the molecule is Cl.c1cc(CNCc2ccc3c(c2)CCC3)cs1. The third-order valence-corrected chi connectivity index (χ3v) is 4.13. The van der Waals surface area contributed by atoms with E-state index in [4.69, 9.17) is 0 Å². The van der Waals surface area contributed by atoms with Crippen molar-refractivity contribution in [3.05, 3.63) is 57.3 Å². The quantitative estimate of drug-likeness (QED) is 0.894. The first-order valence-electron chi connectivity index (χ1n) is 6.24. The van der Waals surface area contributed by atoms with Gasteiger partial charge in [0, 0.05) is 13.1 Å². The minimum Gasteiger partial charge on any atom is -0.309 e. The van der Waals surface area contributed by atoms with Gasteiger partial charge < -0.3 is 5.32 Å². The van der Waals surface area contributed by atoms with Crippen molar-refractivity contribution in [1.29, 1.82) is 0 Å². The summed E-state index contributed by atoms with van der Waals surface area (Å²) in [6.07, 6.45) is 3.88. The number of benzene rings is 1. The van der Waals surface area contributed by atoms with Crippen molar-refractivity contribution in [2.75, 3.05) is 0 Å². The molecule has 1 N–H and O–H groups in total. The monoisotopic (exact) mass is 279 g/mol. The van der Waals surface area contributed by atoms with E-state index in [9.17, 15) is 0 Å². The van der Waals surface area contributed by atoms with E-state index in [-0.39, 0.29) is 12.4 Å². The van der Waals surface area contributed by atoms with Gasteiger partial charge in [-0.1, -0.05) is 18.2 Å². The Hall–Kier alpha value is -0.830. The Labute approximate surface area is 119 Å². The molecular weight excluding hydrogens is 262 g/mol. The van der Waals surface area contributed by atoms with Crippen molar-refractivity contribution in [3.63, 3.8) is 0 Å². The topological polar surface area (TPSA) is 12.0 Å². The summed E-state index contributed by atoms with van der Waals surface area (Å²) in [5, 5.41) is 7.84. The van der Waals surface area contributed by atoms with Crippen LogP contribution in [0.3, 0.4) is 0 Å². The Kier molecular flexibility index (Phi) is 4.81. The average Bonchev–Trinajstić information content (AvgIpc) is 2.98. The first-order chi connectivity index (χ1) is 8.42. The average molecular weight is 280 g/mol. The highest BCUT2D eigenvalue weighted by Crippen LogP contribution is 2.22. The van der Waals surface area contributed by atoms with E-state index in [0.717, 1.165) is 13.1 Å². The lowest BCUT2D eigenvalue weighted by Crippen LogP contribution is -2.12.